The van der Waals surface area contributed by atoms with Crippen LogP contribution in [0.3, 0.4) is 0 Å². The van der Waals surface area contributed by atoms with Gasteiger partial charge in [0, 0.05) is 31.9 Å². The van der Waals surface area contributed by atoms with E-state index in [2.05, 4.69) is 16.3 Å². The molecule has 1 aliphatic carbocycles. The van der Waals surface area contributed by atoms with Crippen molar-refractivity contribution in [1.82, 2.24) is 9.21 Å². The summed E-state index contributed by atoms with van der Waals surface area (Å²) in [5.74, 6) is 0.451. The van der Waals surface area contributed by atoms with Gasteiger partial charge in [-0.15, -0.1) is 0 Å². The first kappa shape index (κ1) is 23.7. The Balaban J connectivity index is 1.47. The second-order valence-electron chi connectivity index (χ2n) is 9.04. The number of likely N-dealkylation sites (N-methyl/N-ethyl adjacent to an activating group) is 1. The van der Waals surface area contributed by atoms with Gasteiger partial charge in [-0.2, -0.15) is 4.31 Å². The maximum Gasteiger partial charge on any atom is 0.265 e. The first-order valence-corrected chi connectivity index (χ1v) is 13.1. The van der Waals surface area contributed by atoms with Gasteiger partial charge < -0.3 is 15.0 Å². The lowest BCUT2D eigenvalue weighted by Gasteiger charge is -2.32. The van der Waals surface area contributed by atoms with Crippen LogP contribution in [-0.4, -0.2) is 62.9 Å². The van der Waals surface area contributed by atoms with Crippen LogP contribution < -0.4 is 10.1 Å². The number of hydrogen-bond acceptors (Lipinski definition) is 5. The number of nitrogens with one attached hydrogen (secondary N) is 1. The van der Waals surface area contributed by atoms with Crippen molar-refractivity contribution in [2.75, 3.05) is 38.5 Å². The van der Waals surface area contributed by atoms with Gasteiger partial charge in [0.15, 0.2) is 6.10 Å². The predicted molar refractivity (Wildman–Crippen MR) is 129 cm³/mol. The Morgan fingerprint density at radius 1 is 1.06 bits per heavy atom. The summed E-state index contributed by atoms with van der Waals surface area (Å²) >= 11 is 0. The van der Waals surface area contributed by atoms with E-state index in [0.29, 0.717) is 37.4 Å². The number of sulfonamides is 1. The van der Waals surface area contributed by atoms with E-state index in [1.54, 1.807) is 32.0 Å². The number of carbonyl (C=O) groups is 1. The largest absolute Gasteiger partial charge is 0.481 e. The number of rotatable bonds is 6. The minimum Gasteiger partial charge on any atom is -0.481 e. The van der Waals surface area contributed by atoms with Crippen molar-refractivity contribution < 1.29 is 17.9 Å². The molecule has 0 saturated carbocycles. The minimum absolute atomic E-state index is 0.232. The number of benzene rings is 2. The Labute approximate surface area is 196 Å². The third-order valence-corrected chi connectivity index (χ3v) is 8.60. The quantitative estimate of drug-likeness (QED) is 0.700. The first-order chi connectivity index (χ1) is 15.8. The highest BCUT2D eigenvalue weighted by Gasteiger charge is 2.29. The molecule has 33 heavy (non-hydrogen) atoms. The summed E-state index contributed by atoms with van der Waals surface area (Å²) in [5.41, 5.74) is 3.60. The van der Waals surface area contributed by atoms with Crippen LogP contribution in [0.2, 0.25) is 0 Å². The third-order valence-electron chi connectivity index (χ3n) is 6.56. The number of fused-ring (bicyclic) bond motifs is 1. The number of nitrogens with zero attached hydrogens (tertiary/aromatic N) is 2. The van der Waals surface area contributed by atoms with Crippen molar-refractivity contribution in [2.24, 2.45) is 0 Å². The van der Waals surface area contributed by atoms with Crippen molar-refractivity contribution in [3.8, 4) is 5.75 Å². The molecule has 0 radical (unpaired) electrons. The maximum atomic E-state index is 13.2. The summed E-state index contributed by atoms with van der Waals surface area (Å²) in [6.07, 6.45) is 3.60. The van der Waals surface area contributed by atoms with E-state index in [1.807, 2.05) is 19.2 Å². The van der Waals surface area contributed by atoms with Gasteiger partial charge in [-0.05, 0) is 81.5 Å². The maximum absolute atomic E-state index is 13.2. The molecule has 178 valence electrons. The van der Waals surface area contributed by atoms with Crippen LogP contribution in [-0.2, 0) is 27.7 Å². The zero-order chi connectivity index (χ0) is 23.6. The number of piperazine rings is 1. The van der Waals surface area contributed by atoms with Gasteiger partial charge in [0.2, 0.25) is 10.0 Å². The van der Waals surface area contributed by atoms with Gasteiger partial charge in [-0.1, -0.05) is 18.2 Å². The Hall–Kier alpha value is -2.42. The number of aryl methyl sites for hydroxylation is 2. The zero-order valence-electron chi connectivity index (χ0n) is 19.6. The van der Waals surface area contributed by atoms with Crippen LogP contribution in [0.5, 0.6) is 5.75 Å². The molecule has 0 spiro atoms. The topological polar surface area (TPSA) is 78.9 Å². The lowest BCUT2D eigenvalue weighted by Crippen LogP contribution is -2.47. The van der Waals surface area contributed by atoms with Gasteiger partial charge >= 0.3 is 0 Å². The highest BCUT2D eigenvalue weighted by molar-refractivity contribution is 7.89. The van der Waals surface area contributed by atoms with Gasteiger partial charge in [0.05, 0.1) is 4.90 Å². The molecule has 2 aromatic rings. The molecule has 7 nitrogen and oxygen atoms in total. The summed E-state index contributed by atoms with van der Waals surface area (Å²) < 4.78 is 34.0. The van der Waals surface area contributed by atoms with E-state index >= 15 is 0 Å². The lowest BCUT2D eigenvalue weighted by atomic mass is 9.91. The number of carbonyl (C=O) groups excluding carboxylic acids is 1. The molecule has 0 aromatic heterocycles. The first-order valence-electron chi connectivity index (χ1n) is 11.6. The molecule has 8 heteroatoms. The SMILES string of the molecule is Cc1ccc(NC(=O)[C@@H](C)Oc2cccc3c2CCCC3)cc1S(=O)(=O)N1CCN(C)CC1. The smallest absolute Gasteiger partial charge is 0.265 e. The molecular formula is C25H33N3O4S. The van der Waals surface area contributed by atoms with Gasteiger partial charge in [0.1, 0.15) is 5.75 Å². The molecule has 1 saturated heterocycles. The summed E-state index contributed by atoms with van der Waals surface area (Å²) in [6.45, 7) is 5.81. The molecule has 2 aromatic carbocycles. The fourth-order valence-electron chi connectivity index (χ4n) is 4.47. The fourth-order valence-corrected chi connectivity index (χ4v) is 6.14. The fraction of sp³-hybridized carbons (Fsp3) is 0.480. The average molecular weight is 472 g/mol. The Morgan fingerprint density at radius 3 is 2.55 bits per heavy atom. The van der Waals surface area contributed by atoms with E-state index in [9.17, 15) is 13.2 Å². The molecular weight excluding hydrogens is 438 g/mol. The summed E-state index contributed by atoms with van der Waals surface area (Å²) in [5, 5.41) is 2.84. The number of hydrogen-bond donors (Lipinski definition) is 1. The normalized spacial score (nSPS) is 18.4. The van der Waals surface area contributed by atoms with Crippen LogP contribution in [0.25, 0.3) is 0 Å². The van der Waals surface area contributed by atoms with Crippen molar-refractivity contribution in [2.45, 2.75) is 50.5 Å². The van der Waals surface area contributed by atoms with Gasteiger partial charge in [-0.25, -0.2) is 8.42 Å². The monoisotopic (exact) mass is 471 g/mol. The van der Waals surface area contributed by atoms with Crippen molar-refractivity contribution >= 4 is 21.6 Å². The second-order valence-corrected chi connectivity index (χ2v) is 10.9. The highest BCUT2D eigenvalue weighted by atomic mass is 32.2. The molecule has 1 amide bonds. The van der Waals surface area contributed by atoms with Crippen LogP contribution in [0.1, 0.15) is 36.5 Å². The molecule has 0 bridgehead atoms. The Morgan fingerprint density at radius 2 is 1.79 bits per heavy atom. The molecule has 1 fully saturated rings. The van der Waals surface area contributed by atoms with Crippen molar-refractivity contribution in [1.29, 1.82) is 0 Å². The van der Waals surface area contributed by atoms with Crippen LogP contribution >= 0.6 is 0 Å². The lowest BCUT2D eigenvalue weighted by molar-refractivity contribution is -0.122. The number of amides is 1. The standard InChI is InChI=1S/C25H33N3O4S/c1-18-11-12-21(17-24(18)33(30,31)28-15-13-27(3)14-16-28)26-25(29)19(2)32-23-10-6-8-20-7-4-5-9-22(20)23/h6,8,10-12,17,19H,4-5,7,9,13-16H2,1-3H3,(H,26,29)/t19-/m1/s1. The Bertz CT molecular complexity index is 1120. The molecule has 1 N–H and O–H groups in total. The van der Waals surface area contributed by atoms with Gasteiger partial charge in [-0.3, -0.25) is 4.79 Å². The van der Waals surface area contributed by atoms with E-state index in [-0.39, 0.29) is 10.8 Å². The summed E-state index contributed by atoms with van der Waals surface area (Å²) in [4.78, 5) is 15.2. The molecule has 4 rings (SSSR count). The van der Waals surface area contributed by atoms with Gasteiger partial charge in [0.25, 0.3) is 5.91 Å². The van der Waals surface area contributed by atoms with Crippen LogP contribution in [0.4, 0.5) is 5.69 Å². The zero-order valence-corrected chi connectivity index (χ0v) is 20.5. The molecule has 2 aliphatic rings. The number of ether oxygens (including phenoxy) is 1. The predicted octanol–water partition coefficient (Wildman–Crippen LogP) is 3.22. The molecule has 0 unspecified atom stereocenters. The third kappa shape index (κ3) is 5.23. The average Bonchev–Trinajstić information content (AvgIpc) is 2.80. The second kappa shape index (κ2) is 9.83. The van der Waals surface area contributed by atoms with Crippen LogP contribution in [0, 0.1) is 6.92 Å². The summed E-state index contributed by atoms with van der Waals surface area (Å²) in [6, 6.07) is 11.0. The van der Waals surface area contributed by atoms with E-state index in [4.69, 9.17) is 4.74 Å². The summed E-state index contributed by atoms with van der Waals surface area (Å²) in [7, 11) is -1.64. The van der Waals surface area contributed by atoms with E-state index in [0.717, 1.165) is 25.0 Å². The van der Waals surface area contributed by atoms with E-state index < -0.39 is 16.1 Å². The van der Waals surface area contributed by atoms with Crippen molar-refractivity contribution in [3.05, 3.63) is 53.1 Å². The highest BCUT2D eigenvalue weighted by Crippen LogP contribution is 2.30. The minimum atomic E-state index is -3.63. The van der Waals surface area contributed by atoms with E-state index in [1.165, 1.54) is 21.9 Å². The number of anilines is 1. The van der Waals surface area contributed by atoms with Crippen molar-refractivity contribution in [3.63, 3.8) is 0 Å². The Kier molecular flexibility index (Phi) is 7.07. The molecule has 1 aliphatic heterocycles. The van der Waals surface area contributed by atoms with Crippen LogP contribution in [0.15, 0.2) is 41.3 Å². The molecule has 1 atom stereocenters. The molecule has 1 heterocycles.